The average molecular weight is 421 g/mol. The van der Waals surface area contributed by atoms with E-state index in [1.165, 1.54) is 12.2 Å². The summed E-state index contributed by atoms with van der Waals surface area (Å²) < 4.78 is 0. The van der Waals surface area contributed by atoms with Crippen LogP contribution in [0, 0.1) is 0 Å². The SMILES string of the molecule is CCc1cc(/C=C/C(=O)/C=C(O)/C=C/c2cc(CC)c(O)c(CC)c2)cc(CC)c1O. The standard InChI is InChI=1S/C27H32O4/c1-5-20-13-18(14-21(6-2)26(20)30)9-11-24(28)17-25(29)12-10-19-15-22(7-3)27(31)23(8-4)16-19/h9-17,28,30-31H,5-8H2,1-4H3/b11-9+,12-10+,24-17-. The van der Waals surface area contributed by atoms with E-state index in [1.807, 2.05) is 52.0 Å². The first-order valence-corrected chi connectivity index (χ1v) is 10.8. The molecule has 3 N–H and O–H groups in total. The molecule has 0 aliphatic heterocycles. The van der Waals surface area contributed by atoms with Gasteiger partial charge < -0.3 is 15.3 Å². The van der Waals surface area contributed by atoms with Crippen molar-refractivity contribution in [1.29, 1.82) is 0 Å². The molecule has 0 aromatic heterocycles. The van der Waals surface area contributed by atoms with Gasteiger partial charge in [0.25, 0.3) is 0 Å². The topological polar surface area (TPSA) is 77.8 Å². The summed E-state index contributed by atoms with van der Waals surface area (Å²) in [6.45, 7) is 7.90. The molecule has 0 saturated heterocycles. The molecular weight excluding hydrogens is 388 g/mol. The van der Waals surface area contributed by atoms with E-state index in [1.54, 1.807) is 12.2 Å². The van der Waals surface area contributed by atoms with E-state index in [4.69, 9.17) is 0 Å². The molecule has 0 aliphatic rings. The van der Waals surface area contributed by atoms with Crippen molar-refractivity contribution in [2.75, 3.05) is 0 Å². The maximum absolute atomic E-state index is 12.2. The van der Waals surface area contributed by atoms with E-state index in [-0.39, 0.29) is 11.5 Å². The van der Waals surface area contributed by atoms with Crippen LogP contribution >= 0.6 is 0 Å². The number of aryl methyl sites for hydroxylation is 4. The van der Waals surface area contributed by atoms with Crippen molar-refractivity contribution in [3.8, 4) is 11.5 Å². The lowest BCUT2D eigenvalue weighted by molar-refractivity contribution is -0.110. The van der Waals surface area contributed by atoms with E-state index in [0.29, 0.717) is 37.2 Å². The van der Waals surface area contributed by atoms with Crippen molar-refractivity contribution >= 4 is 17.9 Å². The van der Waals surface area contributed by atoms with E-state index in [0.717, 1.165) is 39.5 Å². The molecule has 2 aromatic rings. The second-order valence-electron chi connectivity index (χ2n) is 7.43. The number of aliphatic hydroxyl groups excluding tert-OH is 1. The van der Waals surface area contributed by atoms with Crippen molar-refractivity contribution < 1.29 is 20.1 Å². The first-order valence-electron chi connectivity index (χ1n) is 10.8. The van der Waals surface area contributed by atoms with Crippen molar-refractivity contribution in [3.63, 3.8) is 0 Å². The van der Waals surface area contributed by atoms with Gasteiger partial charge in [-0.3, -0.25) is 4.79 Å². The minimum atomic E-state index is -0.333. The number of rotatable bonds is 9. The Labute approximate surface area is 184 Å². The molecule has 2 aromatic carbocycles. The number of phenols is 2. The zero-order valence-electron chi connectivity index (χ0n) is 18.8. The lowest BCUT2D eigenvalue weighted by atomic mass is 10.00. The molecular formula is C27H32O4. The highest BCUT2D eigenvalue weighted by molar-refractivity contribution is 6.02. The molecule has 0 atom stereocenters. The summed E-state index contributed by atoms with van der Waals surface area (Å²) >= 11 is 0. The predicted molar refractivity (Wildman–Crippen MR) is 128 cm³/mol. The van der Waals surface area contributed by atoms with Gasteiger partial charge in [0, 0.05) is 6.08 Å². The van der Waals surface area contributed by atoms with Gasteiger partial charge in [0.2, 0.25) is 0 Å². The van der Waals surface area contributed by atoms with Gasteiger partial charge in [0.05, 0.1) is 0 Å². The minimum Gasteiger partial charge on any atom is -0.508 e. The maximum Gasteiger partial charge on any atom is 0.182 e. The van der Waals surface area contributed by atoms with E-state index in [9.17, 15) is 20.1 Å². The van der Waals surface area contributed by atoms with Crippen LogP contribution in [0.5, 0.6) is 11.5 Å². The first-order chi connectivity index (χ1) is 14.8. The van der Waals surface area contributed by atoms with Gasteiger partial charge in [-0.25, -0.2) is 0 Å². The summed E-state index contributed by atoms with van der Waals surface area (Å²) in [6.07, 6.45) is 10.3. The van der Waals surface area contributed by atoms with E-state index in [2.05, 4.69) is 0 Å². The molecule has 0 unspecified atom stereocenters. The predicted octanol–water partition coefficient (Wildman–Crippen LogP) is 6.09. The molecule has 0 bridgehead atoms. The largest absolute Gasteiger partial charge is 0.508 e. The van der Waals surface area contributed by atoms with Gasteiger partial charge in [-0.2, -0.15) is 0 Å². The molecule has 4 heteroatoms. The summed E-state index contributed by atoms with van der Waals surface area (Å²) in [4.78, 5) is 12.2. The zero-order chi connectivity index (χ0) is 23.0. The Kier molecular flexibility index (Phi) is 8.68. The van der Waals surface area contributed by atoms with Crippen molar-refractivity contribution in [1.82, 2.24) is 0 Å². The van der Waals surface area contributed by atoms with Gasteiger partial charge in [0.15, 0.2) is 5.78 Å². The molecule has 0 saturated carbocycles. The Balaban J connectivity index is 2.17. The third-order valence-electron chi connectivity index (χ3n) is 5.28. The highest BCUT2D eigenvalue weighted by atomic mass is 16.3. The normalized spacial score (nSPS) is 12.2. The third-order valence-corrected chi connectivity index (χ3v) is 5.28. The molecule has 164 valence electrons. The van der Waals surface area contributed by atoms with Crippen LogP contribution in [0.15, 0.2) is 48.3 Å². The van der Waals surface area contributed by atoms with Gasteiger partial charge in [-0.05, 0) is 95.5 Å². The summed E-state index contributed by atoms with van der Waals surface area (Å²) in [7, 11) is 0. The lowest BCUT2D eigenvalue weighted by Crippen LogP contribution is -1.92. The van der Waals surface area contributed by atoms with Crippen LogP contribution in [0.1, 0.15) is 61.1 Å². The molecule has 0 fully saturated rings. The molecule has 0 aliphatic carbocycles. The van der Waals surface area contributed by atoms with Crippen LogP contribution < -0.4 is 0 Å². The number of aliphatic hydroxyl groups is 1. The highest BCUT2D eigenvalue weighted by Gasteiger charge is 2.07. The quantitative estimate of drug-likeness (QED) is 0.261. The fraction of sp³-hybridized carbons (Fsp3) is 0.296. The number of allylic oxidation sites excluding steroid dienone is 3. The summed E-state index contributed by atoms with van der Waals surface area (Å²) in [5.74, 6) is 0.172. The number of carbonyl (C=O) groups excluding carboxylic acids is 1. The van der Waals surface area contributed by atoms with E-state index < -0.39 is 0 Å². The van der Waals surface area contributed by atoms with Crippen LogP contribution in [0.4, 0.5) is 0 Å². The van der Waals surface area contributed by atoms with E-state index >= 15 is 0 Å². The Bertz CT molecular complexity index is 976. The number of phenolic OH excluding ortho intramolecular Hbond substituents is 2. The Morgan fingerprint density at radius 1 is 0.710 bits per heavy atom. The molecule has 4 nitrogen and oxygen atoms in total. The average Bonchev–Trinajstić information content (AvgIpc) is 2.77. The molecule has 0 amide bonds. The fourth-order valence-electron chi connectivity index (χ4n) is 3.45. The van der Waals surface area contributed by atoms with Crippen LogP contribution in [-0.2, 0) is 30.5 Å². The molecule has 0 spiro atoms. The summed E-state index contributed by atoms with van der Waals surface area (Å²) in [5.41, 5.74) is 5.10. The molecule has 0 heterocycles. The molecule has 0 radical (unpaired) electrons. The second-order valence-corrected chi connectivity index (χ2v) is 7.43. The lowest BCUT2D eigenvalue weighted by Gasteiger charge is -2.09. The van der Waals surface area contributed by atoms with Crippen LogP contribution in [0.2, 0.25) is 0 Å². The minimum absolute atomic E-state index is 0.145. The highest BCUT2D eigenvalue weighted by Crippen LogP contribution is 2.27. The van der Waals surface area contributed by atoms with Gasteiger partial charge in [-0.15, -0.1) is 0 Å². The monoisotopic (exact) mass is 420 g/mol. The van der Waals surface area contributed by atoms with Crippen LogP contribution in [-0.4, -0.2) is 21.1 Å². The maximum atomic E-state index is 12.2. The van der Waals surface area contributed by atoms with Crippen LogP contribution in [0.3, 0.4) is 0 Å². The van der Waals surface area contributed by atoms with Crippen molar-refractivity contribution in [2.45, 2.75) is 53.4 Å². The van der Waals surface area contributed by atoms with Crippen LogP contribution in [0.25, 0.3) is 12.2 Å². The third kappa shape index (κ3) is 6.35. The number of ketones is 1. The Hall–Kier alpha value is -3.27. The second kappa shape index (κ2) is 11.2. The first kappa shape index (κ1) is 24.0. The van der Waals surface area contributed by atoms with Gasteiger partial charge >= 0.3 is 0 Å². The fourth-order valence-corrected chi connectivity index (χ4v) is 3.45. The zero-order valence-corrected chi connectivity index (χ0v) is 18.8. The summed E-state index contributed by atoms with van der Waals surface area (Å²) in [5, 5.41) is 30.5. The molecule has 31 heavy (non-hydrogen) atoms. The Morgan fingerprint density at radius 3 is 1.42 bits per heavy atom. The number of benzene rings is 2. The molecule has 2 rings (SSSR count). The number of hydrogen-bond donors (Lipinski definition) is 3. The number of carbonyl (C=O) groups is 1. The smallest absolute Gasteiger partial charge is 0.182 e. The van der Waals surface area contributed by atoms with Crippen molar-refractivity contribution in [2.24, 2.45) is 0 Å². The van der Waals surface area contributed by atoms with Crippen molar-refractivity contribution in [3.05, 3.63) is 81.6 Å². The number of hydrogen-bond acceptors (Lipinski definition) is 4. The number of aromatic hydroxyl groups is 2. The van der Waals surface area contributed by atoms with Gasteiger partial charge in [0.1, 0.15) is 17.3 Å². The van der Waals surface area contributed by atoms with Gasteiger partial charge in [-0.1, -0.05) is 39.8 Å². The Morgan fingerprint density at radius 2 is 1.06 bits per heavy atom. The summed E-state index contributed by atoms with van der Waals surface area (Å²) in [6, 6.07) is 7.48.